The van der Waals surface area contributed by atoms with Gasteiger partial charge < -0.3 is 40.0 Å². The van der Waals surface area contributed by atoms with Gasteiger partial charge >= 0.3 is 13.9 Å². The summed E-state index contributed by atoms with van der Waals surface area (Å²) in [5, 5.41) is 9.63. The maximum absolute atomic E-state index is 16.0. The first-order valence-electron chi connectivity index (χ1n) is 13.3. The Hall–Kier alpha value is -3.19. The van der Waals surface area contributed by atoms with Gasteiger partial charge in [-0.3, -0.25) is 18.9 Å². The highest BCUT2D eigenvalue weighted by atomic mass is 32.7. The highest BCUT2D eigenvalue weighted by Crippen LogP contribution is 2.55. The van der Waals surface area contributed by atoms with Crippen LogP contribution in [0.15, 0.2) is 23.6 Å². The van der Waals surface area contributed by atoms with Crippen LogP contribution in [0.1, 0.15) is 12.6 Å². The maximum atomic E-state index is 16.0. The number of anilines is 2. The van der Waals surface area contributed by atoms with Crippen molar-refractivity contribution in [3.8, 4) is 12.3 Å². The molecule has 250 valence electrons. The summed E-state index contributed by atoms with van der Waals surface area (Å²) in [4.78, 5) is 41.8. The van der Waals surface area contributed by atoms with Crippen molar-refractivity contribution in [1.82, 2.24) is 34.1 Å². The van der Waals surface area contributed by atoms with Gasteiger partial charge in [-0.15, -0.1) is 10.9 Å². The Kier molecular flexibility index (Phi) is 8.86. The van der Waals surface area contributed by atoms with Crippen molar-refractivity contribution in [1.29, 1.82) is 0 Å². The van der Waals surface area contributed by atoms with Gasteiger partial charge in [-0.2, -0.15) is 4.98 Å². The molecule has 2 fully saturated rings. The van der Waals surface area contributed by atoms with Crippen molar-refractivity contribution in [2.45, 2.75) is 42.4 Å². The molecule has 2 unspecified atom stereocenters. The molecule has 2 saturated heterocycles. The fraction of sp³-hybridized carbons (Fsp3) is 0.435. The number of nitrogens with zero attached hydrogens (tertiary/aromatic N) is 6. The van der Waals surface area contributed by atoms with Gasteiger partial charge in [0.2, 0.25) is 11.7 Å². The monoisotopic (exact) mass is 734 g/mol. The molecule has 0 spiro atoms. The number of nitrogens with one attached hydrogen (secondary N) is 1. The first-order chi connectivity index (χ1) is 22.2. The standard InChI is InChI=1S/C23H23F2N9O9P2S2/c1-2-22(12(42-44(37)46)3-13(41-22)33-4-10(24)14-17(26)28-8-29-18(14)33)6-40-45(38,47)43-23(7-39-11(5-35)16(23)25)34-9-30-15-19(34)31-21(27)32-20(15)36/h1,4,8-9,11-13,16,35H,3,5-7H2,(H6-,26,27,28,29,31,32,36,37,38,46,47)/p+1/t11-,12+,13-,16-,22-,23-,45?/m1/s1. The van der Waals surface area contributed by atoms with Crippen molar-refractivity contribution in [2.24, 2.45) is 0 Å². The number of imidazole rings is 1. The van der Waals surface area contributed by atoms with Crippen LogP contribution in [-0.4, -0.2) is 87.9 Å². The third-order valence-corrected chi connectivity index (χ3v) is 9.90. The molecule has 0 aromatic carbocycles. The summed E-state index contributed by atoms with van der Waals surface area (Å²) >= 11 is 9.07. The van der Waals surface area contributed by atoms with Crippen molar-refractivity contribution in [3.05, 3.63) is 35.0 Å². The molecule has 0 bridgehead atoms. The van der Waals surface area contributed by atoms with Gasteiger partial charge in [-0.1, -0.05) is 5.92 Å². The fourth-order valence-electron chi connectivity index (χ4n) is 5.48. The molecular weight excluding hydrogens is 710 g/mol. The maximum Gasteiger partial charge on any atom is 0.582 e. The zero-order valence-electron chi connectivity index (χ0n) is 23.5. The van der Waals surface area contributed by atoms with Crippen LogP contribution in [0, 0.1) is 18.2 Å². The van der Waals surface area contributed by atoms with Crippen LogP contribution in [0.25, 0.3) is 22.2 Å². The van der Waals surface area contributed by atoms with Gasteiger partial charge in [0.1, 0.15) is 36.7 Å². The Labute approximate surface area is 273 Å². The number of H-pyrrole nitrogens is 1. The summed E-state index contributed by atoms with van der Waals surface area (Å²) in [5.74, 6) is 1.13. The van der Waals surface area contributed by atoms with E-state index in [1.54, 1.807) is 0 Å². The Morgan fingerprint density at radius 2 is 2.13 bits per heavy atom. The molecule has 18 nitrogen and oxygen atoms in total. The zero-order chi connectivity index (χ0) is 33.9. The number of aromatic amines is 1. The van der Waals surface area contributed by atoms with Crippen LogP contribution in [0.2, 0.25) is 0 Å². The second-order valence-corrected chi connectivity index (χ2v) is 14.8. The predicted molar refractivity (Wildman–Crippen MR) is 165 cm³/mol. The number of nitrogen functional groups attached to an aromatic ring is 2. The Morgan fingerprint density at radius 3 is 2.81 bits per heavy atom. The molecule has 47 heavy (non-hydrogen) atoms. The summed E-state index contributed by atoms with van der Waals surface area (Å²) in [6.07, 6.45) is 2.83. The van der Waals surface area contributed by atoms with Gasteiger partial charge in [-0.25, -0.2) is 23.7 Å². The molecule has 7 N–H and O–H groups in total. The number of ether oxygens (including phenoxy) is 2. The fourth-order valence-corrected chi connectivity index (χ4v) is 7.89. The molecule has 2 aliphatic rings. The molecule has 8 atom stereocenters. The quantitative estimate of drug-likeness (QED) is 0.0748. The van der Waals surface area contributed by atoms with E-state index in [9.17, 15) is 23.7 Å². The van der Waals surface area contributed by atoms with Crippen LogP contribution in [0.3, 0.4) is 0 Å². The highest BCUT2D eigenvalue weighted by Gasteiger charge is 2.58. The highest BCUT2D eigenvalue weighted by molar-refractivity contribution is 8.39. The molecule has 0 aliphatic carbocycles. The molecular formula is C23H24F2N9O9P2S2+. The van der Waals surface area contributed by atoms with Gasteiger partial charge in [-0.05, 0) is 16.4 Å². The van der Waals surface area contributed by atoms with E-state index in [4.69, 9.17) is 52.7 Å². The van der Waals surface area contributed by atoms with Crippen LogP contribution in [-0.2, 0) is 45.1 Å². The number of fused-ring (bicyclic) bond motifs is 2. The van der Waals surface area contributed by atoms with E-state index in [0.29, 0.717) is 0 Å². The third kappa shape index (κ3) is 5.81. The lowest BCUT2D eigenvalue weighted by Crippen LogP contribution is -2.47. The molecule has 4 aromatic heterocycles. The number of aliphatic hydroxyl groups is 1. The number of thiol groups is 1. The summed E-state index contributed by atoms with van der Waals surface area (Å²) < 4.78 is 73.5. The first kappa shape index (κ1) is 33.7. The van der Waals surface area contributed by atoms with E-state index in [0.717, 1.165) is 23.4 Å². The Morgan fingerprint density at radius 1 is 1.36 bits per heavy atom. The number of nitrogens with two attached hydrogens (primary N) is 2. The molecule has 0 amide bonds. The Balaban J connectivity index is 1.33. The van der Waals surface area contributed by atoms with Crippen LogP contribution in [0.4, 0.5) is 20.5 Å². The number of aliphatic hydroxyl groups excluding tert-OH is 1. The van der Waals surface area contributed by atoms with Gasteiger partial charge in [0.25, 0.3) is 5.56 Å². The average Bonchev–Trinajstić information content (AvgIpc) is 3.76. The van der Waals surface area contributed by atoms with E-state index in [1.165, 1.54) is 4.57 Å². The SMILES string of the molecule is C#C[C@]1(COP(O)(=S)O[C@]2(n3cnc4c(=O)[nH]c(N)nc43)CO[C@H](CO)[C@H]2F)O[C@@H](n2cc(F)c3c(N)ncnc32)C[C@@H]1O[P+](=O)S. The predicted octanol–water partition coefficient (Wildman–Crippen LogP) is 0.763. The molecule has 24 heteroatoms. The lowest BCUT2D eigenvalue weighted by Gasteiger charge is -2.35. The van der Waals surface area contributed by atoms with Gasteiger partial charge in [0.05, 0.1) is 31.5 Å². The summed E-state index contributed by atoms with van der Waals surface area (Å²) in [6, 6.07) is 0. The number of hydrogen-bond donors (Lipinski definition) is 6. The van der Waals surface area contributed by atoms with Crippen molar-refractivity contribution in [3.63, 3.8) is 0 Å². The van der Waals surface area contributed by atoms with Gasteiger partial charge in [0, 0.05) is 12.6 Å². The molecule has 6 rings (SSSR count). The number of rotatable bonds is 10. The van der Waals surface area contributed by atoms with Crippen LogP contribution >= 0.6 is 26.2 Å². The van der Waals surface area contributed by atoms with Crippen LogP contribution < -0.4 is 17.0 Å². The number of hydrogen-bond acceptors (Lipinski definition) is 15. The summed E-state index contributed by atoms with van der Waals surface area (Å²) in [6.45, 7) is -6.87. The summed E-state index contributed by atoms with van der Waals surface area (Å²) in [7, 11) is -2.59. The van der Waals surface area contributed by atoms with Crippen molar-refractivity contribution < 1.29 is 46.4 Å². The van der Waals surface area contributed by atoms with E-state index in [2.05, 4.69) is 43.1 Å². The smallest absolute Gasteiger partial charge is 0.394 e. The van der Waals surface area contributed by atoms with Crippen molar-refractivity contribution in [2.75, 3.05) is 31.3 Å². The Bertz CT molecular complexity index is 2050. The van der Waals surface area contributed by atoms with E-state index in [1.807, 2.05) is 0 Å². The molecule has 0 radical (unpaired) electrons. The normalized spacial score (nSPS) is 29.3. The topological polar surface area (TPSA) is 250 Å². The average molecular weight is 735 g/mol. The van der Waals surface area contributed by atoms with E-state index < -0.39 is 81.1 Å². The lowest BCUT2D eigenvalue weighted by atomic mass is 9.99. The van der Waals surface area contributed by atoms with Crippen LogP contribution in [0.5, 0.6) is 0 Å². The number of halogens is 2. The number of terminal acetylenes is 1. The third-order valence-electron chi connectivity index (χ3n) is 7.64. The van der Waals surface area contributed by atoms with E-state index in [-0.39, 0.29) is 40.4 Å². The minimum atomic E-state index is -4.62. The summed E-state index contributed by atoms with van der Waals surface area (Å²) in [5.41, 5.74) is 5.95. The second kappa shape index (κ2) is 12.4. The van der Waals surface area contributed by atoms with Gasteiger partial charge in [0.15, 0.2) is 40.5 Å². The van der Waals surface area contributed by atoms with Crippen molar-refractivity contribution >= 4 is 72.0 Å². The number of alkyl halides is 1. The van der Waals surface area contributed by atoms with E-state index >= 15 is 4.39 Å². The zero-order valence-corrected chi connectivity index (χ0v) is 27.0. The second-order valence-electron chi connectivity index (χ2n) is 10.4. The molecule has 0 saturated carbocycles. The minimum Gasteiger partial charge on any atom is -0.394 e. The lowest BCUT2D eigenvalue weighted by molar-refractivity contribution is -0.0953. The number of aromatic nitrogens is 7. The molecule has 4 aromatic rings. The first-order valence-corrected chi connectivity index (χ1v) is 18.2. The minimum absolute atomic E-state index is 0.0506. The largest absolute Gasteiger partial charge is 0.582 e. The molecule has 6 heterocycles. The molecule has 2 aliphatic heterocycles.